The van der Waals surface area contributed by atoms with Crippen molar-refractivity contribution in [1.29, 1.82) is 0 Å². The third-order valence-electron chi connectivity index (χ3n) is 2.78. The van der Waals surface area contributed by atoms with Gasteiger partial charge in [-0.05, 0) is 36.1 Å². The van der Waals surface area contributed by atoms with E-state index in [0.717, 1.165) is 5.56 Å². The Kier molecular flexibility index (Phi) is 4.50. The van der Waals surface area contributed by atoms with Crippen molar-refractivity contribution in [1.82, 2.24) is 0 Å². The summed E-state index contributed by atoms with van der Waals surface area (Å²) < 4.78 is 4.67. The van der Waals surface area contributed by atoms with Gasteiger partial charge in [-0.1, -0.05) is 11.6 Å². The summed E-state index contributed by atoms with van der Waals surface area (Å²) in [6.45, 7) is 1.77. The number of esters is 1. The third-order valence-corrected chi connectivity index (χ3v) is 4.19. The van der Waals surface area contributed by atoms with Crippen LogP contribution in [0, 0.1) is 6.92 Å². The monoisotopic (exact) mass is 325 g/mol. The third kappa shape index (κ3) is 3.17. The number of thiophene rings is 1. The lowest BCUT2D eigenvalue weighted by Crippen LogP contribution is -2.15. The van der Waals surface area contributed by atoms with Crippen molar-refractivity contribution in [2.75, 3.05) is 12.4 Å². The molecule has 0 saturated heterocycles. The molecule has 0 unspecified atom stereocenters. The Balaban J connectivity index is 2.34. The van der Waals surface area contributed by atoms with Gasteiger partial charge >= 0.3 is 5.97 Å². The summed E-state index contributed by atoms with van der Waals surface area (Å²) in [4.78, 5) is 24.2. The molecule has 5 nitrogen and oxygen atoms in total. The Labute approximate surface area is 130 Å². The van der Waals surface area contributed by atoms with E-state index in [2.05, 4.69) is 10.1 Å². The largest absolute Gasteiger partial charge is 0.508 e. The minimum Gasteiger partial charge on any atom is -0.508 e. The molecule has 1 aromatic carbocycles. The van der Waals surface area contributed by atoms with Gasteiger partial charge in [-0.2, -0.15) is 0 Å². The van der Waals surface area contributed by atoms with Gasteiger partial charge in [0.1, 0.15) is 10.6 Å². The van der Waals surface area contributed by atoms with Crippen LogP contribution in [0.5, 0.6) is 5.75 Å². The minimum atomic E-state index is -0.523. The zero-order valence-corrected chi connectivity index (χ0v) is 12.8. The molecule has 2 N–H and O–H groups in total. The first-order chi connectivity index (χ1) is 9.93. The molecule has 21 heavy (non-hydrogen) atoms. The fraction of sp³-hybridized carbons (Fsp3) is 0.143. The number of carbonyl (C=O) groups is 2. The van der Waals surface area contributed by atoms with Crippen LogP contribution < -0.4 is 5.32 Å². The molecule has 1 aromatic heterocycles. The summed E-state index contributed by atoms with van der Waals surface area (Å²) in [6, 6.07) is 4.07. The van der Waals surface area contributed by atoms with Crippen molar-refractivity contribution < 1.29 is 19.4 Å². The second kappa shape index (κ2) is 6.15. The maximum Gasteiger partial charge on any atom is 0.350 e. The number of hydrogen-bond donors (Lipinski definition) is 2. The molecule has 7 heteroatoms. The SMILES string of the molecule is COC(=O)c1scc(C)c1NC(=O)c1cc(O)ccc1Cl. The highest BCUT2D eigenvalue weighted by molar-refractivity contribution is 7.12. The number of hydrogen-bond acceptors (Lipinski definition) is 5. The quantitative estimate of drug-likeness (QED) is 0.847. The molecule has 1 amide bonds. The summed E-state index contributed by atoms with van der Waals surface area (Å²) in [5.74, 6) is -1.10. The maximum atomic E-state index is 12.2. The second-order valence-electron chi connectivity index (χ2n) is 4.23. The zero-order valence-electron chi connectivity index (χ0n) is 11.3. The van der Waals surface area contributed by atoms with Gasteiger partial charge in [0.15, 0.2) is 0 Å². The van der Waals surface area contributed by atoms with E-state index in [-0.39, 0.29) is 16.3 Å². The number of benzene rings is 1. The molecule has 0 saturated carbocycles. The number of phenols is 1. The molecule has 0 aliphatic carbocycles. The smallest absolute Gasteiger partial charge is 0.350 e. The number of phenolic OH excluding ortho intramolecular Hbond substituents is 1. The van der Waals surface area contributed by atoms with E-state index >= 15 is 0 Å². The van der Waals surface area contributed by atoms with Crippen molar-refractivity contribution in [3.63, 3.8) is 0 Å². The second-order valence-corrected chi connectivity index (χ2v) is 5.52. The van der Waals surface area contributed by atoms with Gasteiger partial charge in [0, 0.05) is 0 Å². The lowest BCUT2D eigenvalue weighted by molar-refractivity contribution is 0.0607. The van der Waals surface area contributed by atoms with E-state index in [0.29, 0.717) is 10.6 Å². The lowest BCUT2D eigenvalue weighted by atomic mass is 10.2. The molecule has 2 rings (SSSR count). The molecule has 110 valence electrons. The van der Waals surface area contributed by atoms with Gasteiger partial charge in [-0.3, -0.25) is 4.79 Å². The molecule has 0 atom stereocenters. The first kappa shape index (κ1) is 15.3. The van der Waals surface area contributed by atoms with Crippen LogP contribution in [0.25, 0.3) is 0 Å². The summed E-state index contributed by atoms with van der Waals surface area (Å²) in [5.41, 5.74) is 1.25. The molecule has 1 heterocycles. The average Bonchev–Trinajstić information content (AvgIpc) is 2.82. The number of anilines is 1. The fourth-order valence-corrected chi connectivity index (χ4v) is 2.84. The van der Waals surface area contributed by atoms with Gasteiger partial charge in [0.25, 0.3) is 5.91 Å². The Morgan fingerprint density at radius 3 is 2.76 bits per heavy atom. The Hall–Kier alpha value is -2.05. The standard InChI is InChI=1S/C14H12ClNO4S/c1-7-6-21-12(14(19)20-2)11(7)16-13(18)9-5-8(17)3-4-10(9)15/h3-6,17H,1-2H3,(H,16,18). The van der Waals surface area contributed by atoms with Gasteiger partial charge < -0.3 is 15.2 Å². The van der Waals surface area contributed by atoms with Crippen molar-refractivity contribution in [3.05, 3.63) is 44.6 Å². The normalized spacial score (nSPS) is 10.2. The molecular formula is C14H12ClNO4S. The topological polar surface area (TPSA) is 75.6 Å². The summed E-state index contributed by atoms with van der Waals surface area (Å²) in [6.07, 6.45) is 0. The van der Waals surface area contributed by atoms with Crippen LogP contribution in [0.1, 0.15) is 25.6 Å². The number of ether oxygens (including phenoxy) is 1. The number of amides is 1. The van der Waals surface area contributed by atoms with Crippen LogP contribution >= 0.6 is 22.9 Å². The van der Waals surface area contributed by atoms with E-state index in [1.165, 1.54) is 36.6 Å². The van der Waals surface area contributed by atoms with Gasteiger partial charge in [0.2, 0.25) is 0 Å². The van der Waals surface area contributed by atoms with Crippen molar-refractivity contribution in [2.24, 2.45) is 0 Å². The van der Waals surface area contributed by atoms with E-state index in [1.807, 2.05) is 0 Å². The number of nitrogens with one attached hydrogen (secondary N) is 1. The molecule has 2 aromatic rings. The molecule has 0 spiro atoms. The maximum absolute atomic E-state index is 12.2. The van der Waals surface area contributed by atoms with Crippen LogP contribution in [-0.2, 0) is 4.74 Å². The first-order valence-electron chi connectivity index (χ1n) is 5.90. The summed E-state index contributed by atoms with van der Waals surface area (Å²) in [7, 11) is 1.27. The molecule has 0 fully saturated rings. The number of methoxy groups -OCH3 is 1. The molecule has 0 aliphatic rings. The number of aryl methyl sites for hydroxylation is 1. The minimum absolute atomic E-state index is 0.0696. The van der Waals surface area contributed by atoms with Gasteiger partial charge in [-0.15, -0.1) is 11.3 Å². The molecule has 0 aliphatic heterocycles. The van der Waals surface area contributed by atoms with E-state index in [4.69, 9.17) is 11.6 Å². The Bertz CT molecular complexity index is 711. The molecule has 0 radical (unpaired) electrons. The van der Waals surface area contributed by atoms with Crippen LogP contribution in [0.4, 0.5) is 5.69 Å². The number of rotatable bonds is 3. The lowest BCUT2D eigenvalue weighted by Gasteiger charge is -2.09. The van der Waals surface area contributed by atoms with Gasteiger partial charge in [-0.25, -0.2) is 4.79 Å². The zero-order chi connectivity index (χ0) is 15.6. The van der Waals surface area contributed by atoms with E-state index in [1.54, 1.807) is 12.3 Å². The molecular weight excluding hydrogens is 314 g/mol. The van der Waals surface area contributed by atoms with E-state index < -0.39 is 11.9 Å². The number of halogens is 1. The average molecular weight is 326 g/mol. The first-order valence-corrected chi connectivity index (χ1v) is 7.16. The van der Waals surface area contributed by atoms with E-state index in [9.17, 15) is 14.7 Å². The molecule has 0 bridgehead atoms. The highest BCUT2D eigenvalue weighted by Crippen LogP contribution is 2.30. The fourth-order valence-electron chi connectivity index (χ4n) is 1.71. The van der Waals surface area contributed by atoms with Crippen LogP contribution in [0.2, 0.25) is 5.02 Å². The van der Waals surface area contributed by atoms with Crippen LogP contribution in [0.15, 0.2) is 23.6 Å². The Morgan fingerprint density at radius 2 is 2.10 bits per heavy atom. The van der Waals surface area contributed by atoms with Crippen molar-refractivity contribution in [2.45, 2.75) is 6.92 Å². The summed E-state index contributed by atoms with van der Waals surface area (Å²) in [5, 5.41) is 14.0. The predicted molar refractivity (Wildman–Crippen MR) is 81.5 cm³/mol. The van der Waals surface area contributed by atoms with Crippen LogP contribution in [-0.4, -0.2) is 24.1 Å². The predicted octanol–water partition coefficient (Wildman–Crippen LogP) is 3.45. The number of carbonyl (C=O) groups excluding carboxylic acids is 2. The highest BCUT2D eigenvalue weighted by Gasteiger charge is 2.20. The van der Waals surface area contributed by atoms with Crippen molar-refractivity contribution in [3.8, 4) is 5.75 Å². The van der Waals surface area contributed by atoms with Crippen molar-refractivity contribution >= 4 is 40.5 Å². The number of aromatic hydroxyl groups is 1. The van der Waals surface area contributed by atoms with Gasteiger partial charge in [0.05, 0.1) is 23.4 Å². The van der Waals surface area contributed by atoms with Crippen LogP contribution in [0.3, 0.4) is 0 Å². The summed E-state index contributed by atoms with van der Waals surface area (Å²) >= 11 is 7.12. The highest BCUT2D eigenvalue weighted by atomic mass is 35.5. The Morgan fingerprint density at radius 1 is 1.38 bits per heavy atom.